The second-order valence-electron chi connectivity index (χ2n) is 3.25. The van der Waals surface area contributed by atoms with E-state index in [1.165, 1.54) is 0 Å². The molecule has 0 fully saturated rings. The minimum absolute atomic E-state index is 0. The van der Waals surface area contributed by atoms with Gasteiger partial charge in [-0.25, -0.2) is 4.98 Å². The van der Waals surface area contributed by atoms with Crippen LogP contribution in [0.15, 0.2) is 36.7 Å². The zero-order valence-corrected chi connectivity index (χ0v) is 10.1. The molecule has 0 aliphatic rings. The molecule has 0 atom stereocenters. The highest BCUT2D eigenvalue weighted by molar-refractivity contribution is 8.93. The number of aromatic nitrogens is 2. The lowest BCUT2D eigenvalue weighted by Crippen LogP contribution is -2.37. The standard InChI is InChI=1S/C11H11N2O.BrH/c1-9(14)8-13-7-6-12-10-4-2-3-5-11(10)13;/h2-7H,8H2,1H3;1H/q+1;. The molecule has 1 aromatic carbocycles. The molecule has 4 heteroatoms. The fourth-order valence-electron chi connectivity index (χ4n) is 1.47. The Balaban J connectivity index is 0.00000112. The minimum atomic E-state index is 0. The molecular weight excluding hydrogens is 256 g/mol. The maximum atomic E-state index is 11.0. The highest BCUT2D eigenvalue weighted by atomic mass is 79.9. The molecule has 1 aromatic heterocycles. The van der Waals surface area contributed by atoms with E-state index in [9.17, 15) is 4.79 Å². The van der Waals surface area contributed by atoms with E-state index in [2.05, 4.69) is 4.98 Å². The molecule has 0 aliphatic heterocycles. The van der Waals surface area contributed by atoms with E-state index in [1.807, 2.05) is 35.0 Å². The van der Waals surface area contributed by atoms with Crippen LogP contribution in [0.2, 0.25) is 0 Å². The van der Waals surface area contributed by atoms with Crippen molar-refractivity contribution in [3.8, 4) is 0 Å². The average molecular weight is 268 g/mol. The van der Waals surface area contributed by atoms with Crippen molar-refractivity contribution in [1.29, 1.82) is 0 Å². The Morgan fingerprint density at radius 1 is 1.40 bits per heavy atom. The third kappa shape index (κ3) is 2.59. The number of para-hydroxylation sites is 2. The molecular formula is C11H12BrN2O+. The molecule has 0 saturated carbocycles. The number of rotatable bonds is 2. The van der Waals surface area contributed by atoms with E-state index in [0.717, 1.165) is 11.0 Å². The van der Waals surface area contributed by atoms with Gasteiger partial charge in [-0.2, -0.15) is 4.57 Å². The van der Waals surface area contributed by atoms with Crippen LogP contribution >= 0.6 is 17.0 Å². The number of benzene rings is 1. The summed E-state index contributed by atoms with van der Waals surface area (Å²) in [6.07, 6.45) is 3.54. The monoisotopic (exact) mass is 267 g/mol. The Hall–Kier alpha value is -1.29. The summed E-state index contributed by atoms with van der Waals surface area (Å²) in [7, 11) is 0. The molecule has 2 aromatic rings. The predicted molar refractivity (Wildman–Crippen MR) is 62.9 cm³/mol. The molecule has 15 heavy (non-hydrogen) atoms. The zero-order chi connectivity index (χ0) is 9.97. The van der Waals surface area contributed by atoms with Gasteiger partial charge in [-0.1, -0.05) is 12.1 Å². The van der Waals surface area contributed by atoms with Crippen LogP contribution in [0, 0.1) is 0 Å². The Morgan fingerprint density at radius 3 is 2.87 bits per heavy atom. The largest absolute Gasteiger partial charge is 0.293 e. The van der Waals surface area contributed by atoms with Crippen LogP contribution in [0.5, 0.6) is 0 Å². The van der Waals surface area contributed by atoms with Gasteiger partial charge in [0.1, 0.15) is 5.52 Å². The smallest absolute Gasteiger partial charge is 0.231 e. The van der Waals surface area contributed by atoms with Crippen LogP contribution in [0.3, 0.4) is 0 Å². The summed E-state index contributed by atoms with van der Waals surface area (Å²) >= 11 is 0. The first-order chi connectivity index (χ1) is 6.77. The van der Waals surface area contributed by atoms with Gasteiger partial charge >= 0.3 is 0 Å². The van der Waals surface area contributed by atoms with Crippen molar-refractivity contribution in [3.63, 3.8) is 0 Å². The highest BCUT2D eigenvalue weighted by Crippen LogP contribution is 2.04. The van der Waals surface area contributed by atoms with E-state index in [-0.39, 0.29) is 22.8 Å². The number of Topliss-reactive ketones (excluding diaryl/α,β-unsaturated/α-hetero) is 1. The van der Waals surface area contributed by atoms with Crippen LogP contribution in [0.4, 0.5) is 0 Å². The van der Waals surface area contributed by atoms with Crippen molar-refractivity contribution in [2.45, 2.75) is 13.5 Å². The van der Waals surface area contributed by atoms with Crippen molar-refractivity contribution in [1.82, 2.24) is 4.98 Å². The molecule has 0 amide bonds. The number of hydrogen-bond acceptors (Lipinski definition) is 2. The molecule has 2 rings (SSSR count). The quantitative estimate of drug-likeness (QED) is 0.777. The zero-order valence-electron chi connectivity index (χ0n) is 8.38. The maximum absolute atomic E-state index is 11.0. The van der Waals surface area contributed by atoms with Crippen molar-refractivity contribution >= 4 is 33.8 Å². The van der Waals surface area contributed by atoms with Crippen LogP contribution in [-0.4, -0.2) is 10.8 Å². The van der Waals surface area contributed by atoms with Crippen molar-refractivity contribution in [3.05, 3.63) is 36.7 Å². The Morgan fingerprint density at radius 2 is 2.13 bits per heavy atom. The lowest BCUT2D eigenvalue weighted by Gasteiger charge is -1.97. The van der Waals surface area contributed by atoms with Gasteiger partial charge in [0.2, 0.25) is 12.1 Å². The van der Waals surface area contributed by atoms with Crippen LogP contribution in [0.1, 0.15) is 6.92 Å². The SMILES string of the molecule is Br.CC(=O)C[n+]1ccnc2ccccc21. The van der Waals surface area contributed by atoms with Crippen molar-refractivity contribution in [2.24, 2.45) is 0 Å². The molecule has 0 N–H and O–H groups in total. The van der Waals surface area contributed by atoms with Crippen molar-refractivity contribution in [2.75, 3.05) is 0 Å². The Labute approximate surface area is 98.5 Å². The predicted octanol–water partition coefficient (Wildman–Crippen LogP) is 1.69. The molecule has 0 bridgehead atoms. The van der Waals surface area contributed by atoms with E-state index in [0.29, 0.717) is 6.54 Å². The molecule has 1 heterocycles. The van der Waals surface area contributed by atoms with Gasteiger partial charge < -0.3 is 0 Å². The number of hydrogen-bond donors (Lipinski definition) is 0. The normalized spacial score (nSPS) is 9.67. The van der Waals surface area contributed by atoms with Crippen molar-refractivity contribution < 1.29 is 9.36 Å². The average Bonchev–Trinajstić information content (AvgIpc) is 2.18. The lowest BCUT2D eigenvalue weighted by atomic mass is 10.3. The van der Waals surface area contributed by atoms with Crippen LogP contribution in [-0.2, 0) is 11.3 Å². The summed E-state index contributed by atoms with van der Waals surface area (Å²) in [6.45, 7) is 1.99. The first-order valence-corrected chi connectivity index (χ1v) is 4.50. The molecule has 78 valence electrons. The minimum Gasteiger partial charge on any atom is -0.293 e. The number of fused-ring (bicyclic) bond motifs is 1. The lowest BCUT2D eigenvalue weighted by molar-refractivity contribution is -0.658. The summed E-state index contributed by atoms with van der Waals surface area (Å²) in [6, 6.07) is 7.78. The van der Waals surface area contributed by atoms with E-state index in [4.69, 9.17) is 0 Å². The summed E-state index contributed by atoms with van der Waals surface area (Å²) in [5.74, 6) is 0.145. The number of halogens is 1. The van der Waals surface area contributed by atoms with Gasteiger partial charge in [-0.15, -0.1) is 17.0 Å². The number of carbonyl (C=O) groups is 1. The topological polar surface area (TPSA) is 33.8 Å². The van der Waals surface area contributed by atoms with Gasteiger partial charge in [0.05, 0.1) is 6.20 Å². The fourth-order valence-corrected chi connectivity index (χ4v) is 1.47. The molecule has 0 radical (unpaired) electrons. The third-order valence-corrected chi connectivity index (χ3v) is 2.04. The number of ketones is 1. The van der Waals surface area contributed by atoms with E-state index in [1.54, 1.807) is 13.1 Å². The van der Waals surface area contributed by atoms with E-state index < -0.39 is 0 Å². The summed E-state index contributed by atoms with van der Waals surface area (Å²) in [4.78, 5) is 15.2. The van der Waals surface area contributed by atoms with Gasteiger partial charge in [0, 0.05) is 13.0 Å². The highest BCUT2D eigenvalue weighted by Gasteiger charge is 2.09. The van der Waals surface area contributed by atoms with Gasteiger partial charge in [0.25, 0.3) is 0 Å². The second kappa shape index (κ2) is 4.98. The second-order valence-corrected chi connectivity index (χ2v) is 3.25. The maximum Gasteiger partial charge on any atom is 0.231 e. The van der Waals surface area contributed by atoms with Gasteiger partial charge in [0.15, 0.2) is 12.0 Å². The number of carbonyl (C=O) groups excluding carboxylic acids is 1. The Kier molecular flexibility index (Phi) is 3.91. The van der Waals surface area contributed by atoms with E-state index >= 15 is 0 Å². The van der Waals surface area contributed by atoms with Crippen LogP contribution < -0.4 is 4.57 Å². The molecule has 0 aliphatic carbocycles. The molecule has 0 unspecified atom stereocenters. The number of nitrogens with zero attached hydrogens (tertiary/aromatic N) is 2. The molecule has 3 nitrogen and oxygen atoms in total. The summed E-state index contributed by atoms with van der Waals surface area (Å²) < 4.78 is 1.91. The van der Waals surface area contributed by atoms with Crippen LogP contribution in [0.25, 0.3) is 11.0 Å². The van der Waals surface area contributed by atoms with Gasteiger partial charge in [-0.3, -0.25) is 4.79 Å². The first-order valence-electron chi connectivity index (χ1n) is 4.50. The molecule has 0 spiro atoms. The first kappa shape index (κ1) is 11.8. The Bertz CT molecular complexity index is 479. The summed E-state index contributed by atoms with van der Waals surface area (Å²) in [5, 5.41) is 0. The fraction of sp³-hybridized carbons (Fsp3) is 0.182. The third-order valence-electron chi connectivity index (χ3n) is 2.04. The van der Waals surface area contributed by atoms with Gasteiger partial charge in [-0.05, 0) is 6.07 Å². The molecule has 0 saturated heterocycles. The summed E-state index contributed by atoms with van der Waals surface area (Å²) in [5.41, 5.74) is 1.90.